The molecule has 1 amide bonds. The summed E-state index contributed by atoms with van der Waals surface area (Å²) in [5.74, 6) is 0.251. The molecule has 0 saturated carbocycles. The van der Waals surface area contributed by atoms with Gasteiger partial charge in [0.05, 0.1) is 6.04 Å². The third kappa shape index (κ3) is 7.82. The summed E-state index contributed by atoms with van der Waals surface area (Å²) in [6, 6.07) is 0.00170. The van der Waals surface area contributed by atoms with Crippen molar-refractivity contribution in [2.24, 2.45) is 0 Å². The summed E-state index contributed by atoms with van der Waals surface area (Å²) in [6.07, 6.45) is 11.3. The number of aliphatic hydroxyl groups is 1. The van der Waals surface area contributed by atoms with Gasteiger partial charge in [-0.3, -0.25) is 4.79 Å². The van der Waals surface area contributed by atoms with Crippen molar-refractivity contribution < 1.29 is 9.90 Å². The average molecular weight is 298 g/mol. The van der Waals surface area contributed by atoms with Crippen LogP contribution in [0.1, 0.15) is 71.1 Å². The SMILES string of the molecule is CCCCCCCN(CCCO)C(=O)C1CCCCCN1. The van der Waals surface area contributed by atoms with Gasteiger partial charge in [0.15, 0.2) is 0 Å². The second-order valence-electron chi connectivity index (χ2n) is 6.17. The zero-order chi connectivity index (χ0) is 15.3. The van der Waals surface area contributed by atoms with E-state index in [9.17, 15) is 4.79 Å². The molecule has 0 spiro atoms. The molecule has 2 N–H and O–H groups in total. The van der Waals surface area contributed by atoms with Crippen LogP contribution in [0.3, 0.4) is 0 Å². The van der Waals surface area contributed by atoms with Crippen LogP contribution in [-0.4, -0.2) is 48.2 Å². The third-order valence-corrected chi connectivity index (χ3v) is 4.29. The van der Waals surface area contributed by atoms with Crippen molar-refractivity contribution in [3.63, 3.8) is 0 Å². The zero-order valence-corrected chi connectivity index (χ0v) is 13.8. The van der Waals surface area contributed by atoms with Crippen LogP contribution in [0, 0.1) is 0 Å². The molecule has 0 aromatic rings. The maximum absolute atomic E-state index is 12.7. The number of aliphatic hydroxyl groups excluding tert-OH is 1. The minimum absolute atomic E-state index is 0.00170. The van der Waals surface area contributed by atoms with Gasteiger partial charge in [-0.1, -0.05) is 45.4 Å². The number of nitrogens with one attached hydrogen (secondary N) is 1. The van der Waals surface area contributed by atoms with E-state index in [2.05, 4.69) is 12.2 Å². The highest BCUT2D eigenvalue weighted by Crippen LogP contribution is 2.12. The molecule has 4 heteroatoms. The van der Waals surface area contributed by atoms with Gasteiger partial charge in [0.25, 0.3) is 0 Å². The second kappa shape index (κ2) is 12.0. The minimum Gasteiger partial charge on any atom is -0.396 e. The maximum atomic E-state index is 12.7. The highest BCUT2D eigenvalue weighted by atomic mass is 16.3. The number of carbonyl (C=O) groups excluding carboxylic acids is 1. The topological polar surface area (TPSA) is 52.6 Å². The fraction of sp³-hybridized carbons (Fsp3) is 0.941. The van der Waals surface area contributed by atoms with E-state index >= 15 is 0 Å². The van der Waals surface area contributed by atoms with E-state index in [1.807, 2.05) is 4.90 Å². The number of carbonyl (C=O) groups is 1. The molecule has 0 aromatic heterocycles. The smallest absolute Gasteiger partial charge is 0.239 e. The lowest BCUT2D eigenvalue weighted by atomic mass is 10.1. The summed E-state index contributed by atoms with van der Waals surface area (Å²) < 4.78 is 0. The van der Waals surface area contributed by atoms with Gasteiger partial charge in [0.1, 0.15) is 0 Å². The monoisotopic (exact) mass is 298 g/mol. The Hall–Kier alpha value is -0.610. The minimum atomic E-state index is 0.00170. The van der Waals surface area contributed by atoms with Crippen molar-refractivity contribution in [3.8, 4) is 0 Å². The van der Waals surface area contributed by atoms with Gasteiger partial charge < -0.3 is 15.3 Å². The first-order valence-electron chi connectivity index (χ1n) is 8.92. The second-order valence-corrected chi connectivity index (χ2v) is 6.17. The largest absolute Gasteiger partial charge is 0.396 e. The third-order valence-electron chi connectivity index (χ3n) is 4.29. The highest BCUT2D eigenvalue weighted by molar-refractivity contribution is 5.81. The van der Waals surface area contributed by atoms with Crippen LogP contribution in [0.15, 0.2) is 0 Å². The van der Waals surface area contributed by atoms with Crippen LogP contribution in [0.5, 0.6) is 0 Å². The molecule has 4 nitrogen and oxygen atoms in total. The molecule has 1 fully saturated rings. The standard InChI is InChI=1S/C17H34N2O2/c1-2-3-4-5-9-13-19(14-10-15-20)17(21)16-11-7-6-8-12-18-16/h16,18,20H,2-15H2,1H3. The van der Waals surface area contributed by atoms with Gasteiger partial charge >= 0.3 is 0 Å². The lowest BCUT2D eigenvalue weighted by Gasteiger charge is -2.27. The van der Waals surface area contributed by atoms with Gasteiger partial charge in [-0.25, -0.2) is 0 Å². The Morgan fingerprint density at radius 1 is 1.10 bits per heavy atom. The predicted molar refractivity (Wildman–Crippen MR) is 87.3 cm³/mol. The predicted octanol–water partition coefficient (Wildman–Crippen LogP) is 2.70. The van der Waals surface area contributed by atoms with E-state index in [0.29, 0.717) is 13.0 Å². The Morgan fingerprint density at radius 2 is 1.86 bits per heavy atom. The Labute approximate surface area is 130 Å². The summed E-state index contributed by atoms with van der Waals surface area (Å²) in [7, 11) is 0. The summed E-state index contributed by atoms with van der Waals surface area (Å²) >= 11 is 0. The summed E-state index contributed by atoms with van der Waals surface area (Å²) in [6.45, 7) is 4.88. The maximum Gasteiger partial charge on any atom is 0.239 e. The summed E-state index contributed by atoms with van der Waals surface area (Å²) in [5.41, 5.74) is 0. The normalized spacial score (nSPS) is 19.2. The Kier molecular flexibility index (Phi) is 10.5. The van der Waals surface area contributed by atoms with Crippen molar-refractivity contribution >= 4 is 5.91 Å². The molecule has 0 aromatic carbocycles. The Bertz CT molecular complexity index is 264. The molecule has 0 radical (unpaired) electrons. The van der Waals surface area contributed by atoms with E-state index in [4.69, 9.17) is 5.11 Å². The van der Waals surface area contributed by atoms with Crippen molar-refractivity contribution in [2.45, 2.75) is 77.2 Å². The molecule has 0 bridgehead atoms. The summed E-state index contributed by atoms with van der Waals surface area (Å²) in [5, 5.41) is 12.4. The van der Waals surface area contributed by atoms with Gasteiger partial charge in [0, 0.05) is 19.7 Å². The van der Waals surface area contributed by atoms with Crippen molar-refractivity contribution in [2.75, 3.05) is 26.2 Å². The van der Waals surface area contributed by atoms with Gasteiger partial charge in [-0.05, 0) is 32.2 Å². The first-order valence-corrected chi connectivity index (χ1v) is 8.92. The number of amides is 1. The number of hydrogen-bond acceptors (Lipinski definition) is 3. The van der Waals surface area contributed by atoms with Crippen molar-refractivity contribution in [1.82, 2.24) is 10.2 Å². The van der Waals surface area contributed by atoms with Crippen LogP contribution >= 0.6 is 0 Å². The van der Waals surface area contributed by atoms with E-state index in [-0.39, 0.29) is 18.6 Å². The van der Waals surface area contributed by atoms with Crippen LogP contribution in [0.2, 0.25) is 0 Å². The van der Waals surface area contributed by atoms with Crippen molar-refractivity contribution in [3.05, 3.63) is 0 Å². The van der Waals surface area contributed by atoms with Crippen LogP contribution in [0.4, 0.5) is 0 Å². The molecule has 1 aliphatic heterocycles. The fourth-order valence-corrected chi connectivity index (χ4v) is 2.96. The van der Waals surface area contributed by atoms with E-state index in [1.165, 1.54) is 38.5 Å². The molecular formula is C17H34N2O2. The lowest BCUT2D eigenvalue weighted by Crippen LogP contribution is -2.47. The molecule has 1 atom stereocenters. The molecule has 124 valence electrons. The molecule has 1 aliphatic rings. The van der Waals surface area contributed by atoms with Gasteiger partial charge in [0.2, 0.25) is 5.91 Å². The molecule has 1 saturated heterocycles. The number of nitrogens with zero attached hydrogens (tertiary/aromatic N) is 1. The molecule has 0 aliphatic carbocycles. The lowest BCUT2D eigenvalue weighted by molar-refractivity contribution is -0.133. The fourth-order valence-electron chi connectivity index (χ4n) is 2.96. The van der Waals surface area contributed by atoms with Gasteiger partial charge in [-0.15, -0.1) is 0 Å². The summed E-state index contributed by atoms with van der Waals surface area (Å²) in [4.78, 5) is 14.6. The zero-order valence-electron chi connectivity index (χ0n) is 13.8. The molecular weight excluding hydrogens is 264 g/mol. The van der Waals surface area contributed by atoms with Crippen LogP contribution < -0.4 is 5.32 Å². The first-order chi connectivity index (χ1) is 10.3. The first kappa shape index (κ1) is 18.4. The molecule has 1 unspecified atom stereocenters. The highest BCUT2D eigenvalue weighted by Gasteiger charge is 2.24. The number of hydrogen-bond donors (Lipinski definition) is 2. The number of unbranched alkanes of at least 4 members (excludes halogenated alkanes) is 4. The average Bonchev–Trinajstić information content (AvgIpc) is 2.78. The number of rotatable bonds is 10. The van der Waals surface area contributed by atoms with Crippen LogP contribution in [0.25, 0.3) is 0 Å². The van der Waals surface area contributed by atoms with Crippen molar-refractivity contribution in [1.29, 1.82) is 0 Å². The van der Waals surface area contributed by atoms with Crippen LogP contribution in [-0.2, 0) is 4.79 Å². The Morgan fingerprint density at radius 3 is 2.62 bits per heavy atom. The van der Waals surface area contributed by atoms with E-state index in [1.54, 1.807) is 0 Å². The van der Waals surface area contributed by atoms with E-state index in [0.717, 1.165) is 32.4 Å². The Balaban J connectivity index is 2.39. The quantitative estimate of drug-likeness (QED) is 0.610. The molecule has 1 heterocycles. The van der Waals surface area contributed by atoms with Gasteiger partial charge in [-0.2, -0.15) is 0 Å². The van der Waals surface area contributed by atoms with E-state index < -0.39 is 0 Å². The molecule has 21 heavy (non-hydrogen) atoms. The molecule has 1 rings (SSSR count).